The lowest BCUT2D eigenvalue weighted by molar-refractivity contribution is 0.669. The van der Waals surface area contributed by atoms with E-state index in [4.69, 9.17) is 8.83 Å². The molecule has 0 aliphatic heterocycles. The van der Waals surface area contributed by atoms with E-state index in [1.807, 2.05) is 18.2 Å². The van der Waals surface area contributed by atoms with Gasteiger partial charge in [-0.15, -0.1) is 0 Å². The summed E-state index contributed by atoms with van der Waals surface area (Å²) >= 11 is 0. The van der Waals surface area contributed by atoms with Crippen molar-refractivity contribution in [2.45, 2.75) is 11.3 Å². The van der Waals surface area contributed by atoms with Crippen LogP contribution in [0.2, 0.25) is 0 Å². The second-order valence-electron chi connectivity index (χ2n) is 33.6. The molecule has 0 fully saturated rings. The van der Waals surface area contributed by atoms with Gasteiger partial charge in [-0.05, 0) is 246 Å². The van der Waals surface area contributed by atoms with Crippen molar-refractivity contribution in [1.82, 2.24) is 0 Å². The van der Waals surface area contributed by atoms with Gasteiger partial charge >= 0.3 is 0 Å². The first-order chi connectivity index (χ1) is 61.9. The second-order valence-corrected chi connectivity index (χ2v) is 33.6. The molecule has 2 unspecified atom stereocenters. The van der Waals surface area contributed by atoms with E-state index in [1.165, 1.54) is 132 Å². The summed E-state index contributed by atoms with van der Waals surface area (Å²) in [6, 6.07) is 156. The molecule has 125 heavy (non-hydrogen) atoms. The maximum atomic E-state index is 6.50. The molecule has 4 aliphatic rings. The van der Waals surface area contributed by atoms with Crippen LogP contribution in [-0.4, -0.2) is 0 Å². The number of hydrogen-bond acceptors (Lipinski definition) is 4. The second kappa shape index (κ2) is 29.1. The molecule has 4 aliphatic carbocycles. The lowest BCUT2D eigenvalue weighted by Crippen LogP contribution is -2.26. The topological polar surface area (TPSA) is 32.8 Å². The van der Waals surface area contributed by atoms with Gasteiger partial charge in [-0.1, -0.05) is 358 Å². The zero-order valence-corrected chi connectivity index (χ0v) is 68.2. The molecule has 2 atom stereocenters. The van der Waals surface area contributed by atoms with Crippen LogP contribution < -0.4 is 9.80 Å². The number of hydrogen-bond donors (Lipinski definition) is 0. The third kappa shape index (κ3) is 11.7. The lowest BCUT2D eigenvalue weighted by Gasteiger charge is -2.32. The Hall–Kier alpha value is -16.1. The highest BCUT2D eigenvalue weighted by Crippen LogP contribution is 2.64. The number of anilines is 6. The lowest BCUT2D eigenvalue weighted by atomic mass is 9.70. The molecule has 0 N–H and O–H groups in total. The molecule has 26 rings (SSSR count). The molecule has 20 aromatic carbocycles. The first-order valence-corrected chi connectivity index (χ1v) is 43.3. The van der Waals surface area contributed by atoms with Crippen LogP contribution in [0.15, 0.2) is 464 Å². The van der Waals surface area contributed by atoms with Gasteiger partial charge in [0.05, 0.1) is 5.41 Å². The van der Waals surface area contributed by atoms with Gasteiger partial charge in [-0.2, -0.15) is 0 Å². The SMILES string of the molecule is C1=CC2C=Cc3cc(-c4ccc(N(c5ccc(-c6ccc7c(ccc8ccccc87)c6)cc5)c5ccc(-c6cccc7c6oc6ccccc67)cc5)cc4)ccc3C2C=C1.c1ccc2c(c1)-c1ccccc1C21c2ccccc2-c2ccc(N(c3ccc(-c4ccc5c(ccc6ccccc65)c4)cc3)c3ccc(-c4cccc5c4oc4ccccc45)cc3)cc21. The molecule has 2 aromatic heterocycles. The van der Waals surface area contributed by atoms with Crippen LogP contribution >= 0.6 is 0 Å². The normalized spacial score (nSPS) is 14.2. The van der Waals surface area contributed by atoms with Gasteiger partial charge in [0.2, 0.25) is 0 Å². The molecule has 2 heterocycles. The van der Waals surface area contributed by atoms with E-state index >= 15 is 0 Å². The molecule has 0 amide bonds. The van der Waals surface area contributed by atoms with E-state index in [0.29, 0.717) is 11.8 Å². The summed E-state index contributed by atoms with van der Waals surface area (Å²) in [6.45, 7) is 0. The molecule has 584 valence electrons. The number of furan rings is 2. The Morgan fingerprint density at radius 2 is 0.568 bits per heavy atom. The standard InChI is InChI=1S/C63H39NO.C58H39NO/c1-2-13-48-41(12-1)24-25-44-38-43(30-36-49(44)48)40-26-31-45(32-27-40)64(46-33-28-42(29-34-46)50-18-11-19-56-55-17-6-10-23-61(55)65-62(50)56)47-35-37-54-53-16-5-9-22-59(53)63(60(54)39-47)57-20-7-3-14-51(57)52-15-4-8-21-58(52)63;1-3-10-50-40(8-1)16-18-45-36-43(26-34-52(45)50)38-20-28-47(29-21-38)59(49-32-24-42(25-33-49)54-13-7-14-56-55-12-5-6-15-57(55)60-58(54)56)48-30-22-39(23-31-48)44-27-35-53-46(37-44)19-17-41-9-2-4-11-51(41)53/h1-39H;1-37,40,50H. The molecule has 22 aromatic rings. The average molecular weight is 1590 g/mol. The Morgan fingerprint density at radius 1 is 0.216 bits per heavy atom. The van der Waals surface area contributed by atoms with Gasteiger partial charge in [-0.3, -0.25) is 0 Å². The fraction of sp³-hybridized carbons (Fsp3) is 0.0248. The molecular formula is C121H78N2O2. The van der Waals surface area contributed by atoms with Crippen LogP contribution in [-0.2, 0) is 5.41 Å². The van der Waals surface area contributed by atoms with Gasteiger partial charge in [0.25, 0.3) is 0 Å². The summed E-state index contributed by atoms with van der Waals surface area (Å²) in [4.78, 5) is 4.77. The van der Waals surface area contributed by atoms with Gasteiger partial charge in [0, 0.05) is 78.6 Å². The smallest absolute Gasteiger partial charge is 0.143 e. The molecule has 0 saturated heterocycles. The number of allylic oxidation sites excluding steroid dienone is 5. The molecule has 0 bridgehead atoms. The summed E-state index contributed by atoms with van der Waals surface area (Å²) in [5, 5.41) is 14.7. The number of para-hydroxylation sites is 4. The fourth-order valence-corrected chi connectivity index (χ4v) is 21.0. The van der Waals surface area contributed by atoms with Crippen molar-refractivity contribution >= 4 is 127 Å². The largest absolute Gasteiger partial charge is 0.455 e. The highest BCUT2D eigenvalue weighted by Gasteiger charge is 2.52. The van der Waals surface area contributed by atoms with Crippen LogP contribution in [0.25, 0.3) is 171 Å². The van der Waals surface area contributed by atoms with Crippen LogP contribution in [0, 0.1) is 5.92 Å². The minimum absolute atomic E-state index is 0.408. The predicted octanol–water partition coefficient (Wildman–Crippen LogP) is 33.3. The molecular weight excluding hydrogens is 1510 g/mol. The van der Waals surface area contributed by atoms with E-state index in [2.05, 4.69) is 453 Å². The van der Waals surface area contributed by atoms with E-state index < -0.39 is 5.41 Å². The van der Waals surface area contributed by atoms with Gasteiger partial charge in [0.1, 0.15) is 22.3 Å². The predicted molar refractivity (Wildman–Crippen MR) is 524 cm³/mol. The third-order valence-corrected chi connectivity index (χ3v) is 26.9. The monoisotopic (exact) mass is 1590 g/mol. The van der Waals surface area contributed by atoms with Crippen molar-refractivity contribution in [3.63, 3.8) is 0 Å². The molecule has 4 heteroatoms. The molecule has 0 saturated carbocycles. The van der Waals surface area contributed by atoms with E-state index in [9.17, 15) is 0 Å². The Kier molecular flexibility index (Phi) is 16.7. The Balaban J connectivity index is 0.000000137. The third-order valence-electron chi connectivity index (χ3n) is 26.9. The van der Waals surface area contributed by atoms with Crippen LogP contribution in [0.4, 0.5) is 34.1 Å². The van der Waals surface area contributed by atoms with Gasteiger partial charge < -0.3 is 18.6 Å². The van der Waals surface area contributed by atoms with Crippen molar-refractivity contribution in [2.24, 2.45) is 5.92 Å². The van der Waals surface area contributed by atoms with E-state index in [0.717, 1.165) is 100 Å². The Bertz CT molecular complexity index is 8160. The van der Waals surface area contributed by atoms with Crippen molar-refractivity contribution in [1.29, 1.82) is 0 Å². The highest BCUT2D eigenvalue weighted by molar-refractivity contribution is 6.13. The summed E-state index contributed by atoms with van der Waals surface area (Å²) < 4.78 is 12.9. The summed E-state index contributed by atoms with van der Waals surface area (Å²) in [5.41, 5.74) is 34.6. The molecule has 1 spiro atoms. The van der Waals surface area contributed by atoms with Gasteiger partial charge in [-0.25, -0.2) is 0 Å². The maximum absolute atomic E-state index is 6.50. The number of fused-ring (bicyclic) bond motifs is 25. The van der Waals surface area contributed by atoms with Crippen LogP contribution in [0.3, 0.4) is 0 Å². The zero-order chi connectivity index (χ0) is 82.2. The average Bonchev–Trinajstić information content (AvgIpc) is 1.51. The number of nitrogens with zero attached hydrogens (tertiary/aromatic N) is 2. The quantitative estimate of drug-likeness (QED) is 0.121. The van der Waals surface area contributed by atoms with Crippen molar-refractivity contribution < 1.29 is 8.83 Å². The zero-order valence-electron chi connectivity index (χ0n) is 68.2. The van der Waals surface area contributed by atoms with E-state index in [1.54, 1.807) is 0 Å². The first kappa shape index (κ1) is 71.7. The maximum Gasteiger partial charge on any atom is 0.143 e. The number of benzene rings is 20. The molecule has 0 radical (unpaired) electrons. The summed E-state index contributed by atoms with van der Waals surface area (Å²) in [7, 11) is 0. The fourth-order valence-electron chi connectivity index (χ4n) is 21.0. The minimum Gasteiger partial charge on any atom is -0.455 e. The van der Waals surface area contributed by atoms with Crippen LogP contribution in [0.1, 0.15) is 39.3 Å². The van der Waals surface area contributed by atoms with Crippen LogP contribution in [0.5, 0.6) is 0 Å². The molecule has 4 nitrogen and oxygen atoms in total. The van der Waals surface area contributed by atoms with Crippen molar-refractivity contribution in [2.75, 3.05) is 9.80 Å². The highest BCUT2D eigenvalue weighted by atomic mass is 16.3. The van der Waals surface area contributed by atoms with Crippen molar-refractivity contribution in [3.8, 4) is 77.9 Å². The van der Waals surface area contributed by atoms with Gasteiger partial charge in [0.15, 0.2) is 0 Å². The Labute approximate surface area is 724 Å². The van der Waals surface area contributed by atoms with E-state index in [-0.39, 0.29) is 0 Å². The first-order valence-electron chi connectivity index (χ1n) is 43.3. The number of rotatable bonds is 11. The summed E-state index contributed by atoms with van der Waals surface area (Å²) in [5.74, 6) is 0.847. The Morgan fingerprint density at radius 3 is 1.06 bits per heavy atom. The summed E-state index contributed by atoms with van der Waals surface area (Å²) in [6.07, 6.45) is 13.6. The van der Waals surface area contributed by atoms with Crippen molar-refractivity contribution in [3.05, 3.63) is 488 Å². The minimum atomic E-state index is -0.443.